The number of halogens is 2. The van der Waals surface area contributed by atoms with Crippen molar-refractivity contribution >= 4 is 40.1 Å². The van der Waals surface area contributed by atoms with Crippen LogP contribution < -0.4 is 5.56 Å². The Bertz CT molecular complexity index is 967. The molecule has 0 spiro atoms. The Hall–Kier alpha value is -2.37. The molecule has 0 saturated carbocycles. The van der Waals surface area contributed by atoms with Crippen LogP contribution in [-0.2, 0) is 0 Å². The normalized spacial score (nSPS) is 10.8. The molecule has 0 bridgehead atoms. The fraction of sp³-hybridized carbons (Fsp3) is 0. The van der Waals surface area contributed by atoms with E-state index in [4.69, 9.17) is 23.2 Å². The van der Waals surface area contributed by atoms with Gasteiger partial charge in [-0.15, -0.1) is 0 Å². The first-order valence-electron chi connectivity index (χ1n) is 6.17. The number of hydrogen-bond acceptors (Lipinski definition) is 3. The molecule has 0 unspecified atom stereocenters. The largest absolute Gasteiger partial charge is 0.478 e. The fourth-order valence-electron chi connectivity index (χ4n) is 2.15. The monoisotopic (exact) mass is 334 g/mol. The lowest BCUT2D eigenvalue weighted by molar-refractivity contribution is 0.0697. The topological polar surface area (TPSA) is 72.2 Å². The number of benzene rings is 2. The molecule has 1 aromatic heterocycles. The van der Waals surface area contributed by atoms with E-state index in [1.807, 2.05) is 0 Å². The first-order chi connectivity index (χ1) is 10.5. The maximum atomic E-state index is 12.6. The van der Waals surface area contributed by atoms with E-state index in [1.54, 1.807) is 18.2 Å². The van der Waals surface area contributed by atoms with Crippen LogP contribution in [0.2, 0.25) is 10.0 Å². The van der Waals surface area contributed by atoms with Gasteiger partial charge >= 0.3 is 5.97 Å². The highest BCUT2D eigenvalue weighted by Crippen LogP contribution is 2.20. The van der Waals surface area contributed by atoms with Gasteiger partial charge in [-0.3, -0.25) is 9.36 Å². The summed E-state index contributed by atoms with van der Waals surface area (Å²) in [5, 5.41) is 10.4. The van der Waals surface area contributed by atoms with Gasteiger partial charge in [0, 0.05) is 10.0 Å². The Balaban J connectivity index is 2.34. The van der Waals surface area contributed by atoms with Crippen molar-refractivity contribution in [3.8, 4) is 5.69 Å². The summed E-state index contributed by atoms with van der Waals surface area (Å²) in [6.45, 7) is 0. The van der Waals surface area contributed by atoms with E-state index >= 15 is 0 Å². The van der Waals surface area contributed by atoms with Crippen molar-refractivity contribution in [2.24, 2.45) is 0 Å². The van der Waals surface area contributed by atoms with Crippen LogP contribution >= 0.6 is 23.2 Å². The van der Waals surface area contributed by atoms with Gasteiger partial charge in [-0.1, -0.05) is 23.2 Å². The second-order valence-electron chi connectivity index (χ2n) is 4.55. The summed E-state index contributed by atoms with van der Waals surface area (Å²) in [5.41, 5.74) is 0.162. The van der Waals surface area contributed by atoms with Crippen molar-refractivity contribution < 1.29 is 9.90 Å². The SMILES string of the molecule is O=C(O)c1ccc(Cl)cc1-n1cnc2cc(Cl)ccc2c1=O. The average molecular weight is 335 g/mol. The molecule has 0 radical (unpaired) electrons. The number of carboxylic acid groups (broad SMARTS) is 1. The van der Waals surface area contributed by atoms with Gasteiger partial charge in [0.25, 0.3) is 5.56 Å². The Kier molecular flexibility index (Phi) is 3.60. The minimum atomic E-state index is -1.16. The maximum absolute atomic E-state index is 12.6. The van der Waals surface area contributed by atoms with Crippen molar-refractivity contribution in [2.45, 2.75) is 0 Å². The second-order valence-corrected chi connectivity index (χ2v) is 5.42. The predicted octanol–water partition coefficient (Wildman–Crippen LogP) is 3.39. The molecular formula is C15H8Cl2N2O3. The van der Waals surface area contributed by atoms with E-state index < -0.39 is 11.5 Å². The molecule has 3 aromatic rings. The van der Waals surface area contributed by atoms with Crippen molar-refractivity contribution in [3.63, 3.8) is 0 Å². The first-order valence-corrected chi connectivity index (χ1v) is 6.93. The number of carboxylic acids is 1. The van der Waals surface area contributed by atoms with Crippen molar-refractivity contribution in [1.82, 2.24) is 9.55 Å². The van der Waals surface area contributed by atoms with Gasteiger partial charge < -0.3 is 5.11 Å². The predicted molar refractivity (Wildman–Crippen MR) is 84.3 cm³/mol. The van der Waals surface area contributed by atoms with Gasteiger partial charge in [0.2, 0.25) is 0 Å². The number of hydrogen-bond donors (Lipinski definition) is 1. The molecule has 0 fully saturated rings. The van der Waals surface area contributed by atoms with Crippen molar-refractivity contribution in [1.29, 1.82) is 0 Å². The summed E-state index contributed by atoms with van der Waals surface area (Å²) in [6.07, 6.45) is 1.26. The van der Waals surface area contributed by atoms with Crippen LogP contribution in [0.3, 0.4) is 0 Å². The molecule has 1 heterocycles. The Morgan fingerprint density at radius 2 is 1.77 bits per heavy atom. The molecule has 2 aromatic carbocycles. The molecule has 5 nitrogen and oxygen atoms in total. The van der Waals surface area contributed by atoms with Gasteiger partial charge in [0.05, 0.1) is 22.2 Å². The van der Waals surface area contributed by atoms with Gasteiger partial charge in [-0.25, -0.2) is 9.78 Å². The van der Waals surface area contributed by atoms with E-state index in [-0.39, 0.29) is 11.3 Å². The third-order valence-electron chi connectivity index (χ3n) is 3.17. The number of aromatic carboxylic acids is 1. The lowest BCUT2D eigenvalue weighted by Gasteiger charge is -2.10. The minimum absolute atomic E-state index is 0.0402. The summed E-state index contributed by atoms with van der Waals surface area (Å²) in [5.74, 6) is -1.16. The zero-order chi connectivity index (χ0) is 15.9. The van der Waals surface area contributed by atoms with Crippen LogP contribution in [0.15, 0.2) is 47.5 Å². The van der Waals surface area contributed by atoms with Crippen LogP contribution in [0.1, 0.15) is 10.4 Å². The molecule has 0 amide bonds. The molecule has 110 valence electrons. The number of aromatic nitrogens is 2. The van der Waals surface area contributed by atoms with Crippen molar-refractivity contribution in [3.05, 3.63) is 68.7 Å². The maximum Gasteiger partial charge on any atom is 0.337 e. The number of fused-ring (bicyclic) bond motifs is 1. The summed E-state index contributed by atoms with van der Waals surface area (Å²) in [4.78, 5) is 28.1. The summed E-state index contributed by atoms with van der Waals surface area (Å²) >= 11 is 11.8. The van der Waals surface area contributed by atoms with E-state index in [0.29, 0.717) is 20.9 Å². The number of nitrogens with zero attached hydrogens (tertiary/aromatic N) is 2. The molecular weight excluding hydrogens is 327 g/mol. The highest BCUT2D eigenvalue weighted by Gasteiger charge is 2.15. The van der Waals surface area contributed by atoms with Crippen LogP contribution in [0.5, 0.6) is 0 Å². The van der Waals surface area contributed by atoms with Crippen LogP contribution in [0, 0.1) is 0 Å². The molecule has 0 aliphatic heterocycles. The van der Waals surface area contributed by atoms with Gasteiger partial charge in [-0.05, 0) is 36.4 Å². The van der Waals surface area contributed by atoms with E-state index in [1.165, 1.54) is 24.5 Å². The summed E-state index contributed by atoms with van der Waals surface area (Å²) in [6, 6.07) is 8.91. The summed E-state index contributed by atoms with van der Waals surface area (Å²) in [7, 11) is 0. The average Bonchev–Trinajstić information content (AvgIpc) is 2.47. The molecule has 3 rings (SSSR count). The van der Waals surface area contributed by atoms with Crippen LogP contribution in [-0.4, -0.2) is 20.6 Å². The highest BCUT2D eigenvalue weighted by atomic mass is 35.5. The highest BCUT2D eigenvalue weighted by molar-refractivity contribution is 6.31. The summed E-state index contributed by atoms with van der Waals surface area (Å²) < 4.78 is 1.16. The molecule has 0 atom stereocenters. The lowest BCUT2D eigenvalue weighted by Crippen LogP contribution is -2.21. The second kappa shape index (κ2) is 5.44. The first kappa shape index (κ1) is 14.6. The molecule has 7 heteroatoms. The minimum Gasteiger partial charge on any atom is -0.478 e. The Morgan fingerprint density at radius 1 is 1.09 bits per heavy atom. The van der Waals surface area contributed by atoms with E-state index in [9.17, 15) is 14.7 Å². The number of rotatable bonds is 2. The van der Waals surface area contributed by atoms with Crippen LogP contribution in [0.4, 0.5) is 0 Å². The fourth-order valence-corrected chi connectivity index (χ4v) is 2.48. The molecule has 1 N–H and O–H groups in total. The van der Waals surface area contributed by atoms with Gasteiger partial charge in [0.1, 0.15) is 6.33 Å². The molecule has 0 saturated heterocycles. The Labute approximate surface area is 134 Å². The van der Waals surface area contributed by atoms with E-state index in [0.717, 1.165) is 4.57 Å². The quantitative estimate of drug-likeness (QED) is 0.779. The van der Waals surface area contributed by atoms with Gasteiger partial charge in [0.15, 0.2) is 0 Å². The van der Waals surface area contributed by atoms with Gasteiger partial charge in [-0.2, -0.15) is 0 Å². The molecule has 22 heavy (non-hydrogen) atoms. The van der Waals surface area contributed by atoms with E-state index in [2.05, 4.69) is 4.98 Å². The standard InChI is InChI=1S/C15H8Cl2N2O3/c16-8-1-3-10-12(5-8)18-7-19(14(10)20)13-6-9(17)2-4-11(13)15(21)22/h1-7H,(H,21,22). The lowest BCUT2D eigenvalue weighted by atomic mass is 10.1. The van der Waals surface area contributed by atoms with Crippen molar-refractivity contribution in [2.75, 3.05) is 0 Å². The third kappa shape index (κ3) is 2.45. The number of carbonyl (C=O) groups is 1. The Morgan fingerprint density at radius 3 is 2.50 bits per heavy atom. The zero-order valence-electron chi connectivity index (χ0n) is 11.0. The molecule has 0 aliphatic rings. The smallest absolute Gasteiger partial charge is 0.337 e. The third-order valence-corrected chi connectivity index (χ3v) is 3.64. The molecule has 0 aliphatic carbocycles. The zero-order valence-corrected chi connectivity index (χ0v) is 12.5. The van der Waals surface area contributed by atoms with Crippen LogP contribution in [0.25, 0.3) is 16.6 Å².